The third kappa shape index (κ3) is 7.00. The largest absolute Gasteiger partial charge is 0.343 e. The number of carbonyl (C=O) groups is 2. The van der Waals surface area contributed by atoms with Crippen molar-refractivity contribution in [1.29, 1.82) is 0 Å². The van der Waals surface area contributed by atoms with Gasteiger partial charge in [-0.3, -0.25) is 50.0 Å². The van der Waals surface area contributed by atoms with E-state index in [1.54, 1.807) is 60.7 Å². The van der Waals surface area contributed by atoms with E-state index in [1.807, 2.05) is 0 Å². The third-order valence-corrected chi connectivity index (χ3v) is 6.40. The lowest BCUT2D eigenvalue weighted by molar-refractivity contribution is -0.394. The maximum absolute atomic E-state index is 13.5. The highest BCUT2D eigenvalue weighted by atomic mass is 16.6. The maximum Gasteiger partial charge on any atom is 0.277 e. The molecular formula is C28H20N6O10. The van der Waals surface area contributed by atoms with E-state index in [0.717, 1.165) is 24.3 Å². The Bertz CT molecular complexity index is 1590. The molecule has 2 atom stereocenters. The number of nitrogens with one attached hydrogen (secondary N) is 2. The second kappa shape index (κ2) is 12.9. The lowest BCUT2D eigenvalue weighted by Crippen LogP contribution is -2.41. The lowest BCUT2D eigenvalue weighted by atomic mass is 9.92. The van der Waals surface area contributed by atoms with E-state index in [-0.39, 0.29) is 0 Å². The van der Waals surface area contributed by atoms with Gasteiger partial charge in [0.15, 0.2) is 0 Å². The van der Waals surface area contributed by atoms with E-state index in [2.05, 4.69) is 10.6 Å². The number of nitro benzene ring substituents is 4. The Balaban J connectivity index is 1.81. The molecule has 0 heterocycles. The van der Waals surface area contributed by atoms with Gasteiger partial charge >= 0.3 is 0 Å². The zero-order chi connectivity index (χ0) is 32.0. The highest BCUT2D eigenvalue weighted by Gasteiger charge is 2.31. The Hall–Kier alpha value is -6.58. The van der Waals surface area contributed by atoms with Gasteiger partial charge in [-0.1, -0.05) is 60.7 Å². The van der Waals surface area contributed by atoms with Gasteiger partial charge in [0.2, 0.25) is 0 Å². The fraction of sp³-hybridized carbons (Fsp3) is 0.0714. The van der Waals surface area contributed by atoms with Gasteiger partial charge in [0.1, 0.15) is 0 Å². The molecule has 0 saturated heterocycles. The van der Waals surface area contributed by atoms with Crippen LogP contribution in [0.4, 0.5) is 22.7 Å². The van der Waals surface area contributed by atoms with Crippen LogP contribution < -0.4 is 10.6 Å². The molecule has 0 saturated carbocycles. The third-order valence-electron chi connectivity index (χ3n) is 6.40. The van der Waals surface area contributed by atoms with Crippen molar-refractivity contribution in [3.8, 4) is 0 Å². The summed E-state index contributed by atoms with van der Waals surface area (Å²) in [7, 11) is 0. The van der Waals surface area contributed by atoms with Crippen LogP contribution in [-0.2, 0) is 0 Å². The standard InChI is InChI=1S/C28H20N6O10/c35-27(19-11-21(31(37)38)15-22(12-19)32(39)40)29-25(17-7-3-1-4-8-17)26(18-9-5-2-6-10-18)30-28(36)20-13-23(33(41)42)16-24(14-20)34(43)44/h1-16,25-26H,(H,29,35)(H,30,36). The lowest BCUT2D eigenvalue weighted by Gasteiger charge is -2.30. The molecule has 16 nitrogen and oxygen atoms in total. The number of rotatable bonds is 11. The quantitative estimate of drug-likeness (QED) is 0.173. The van der Waals surface area contributed by atoms with Crippen LogP contribution >= 0.6 is 0 Å². The average molecular weight is 601 g/mol. The zero-order valence-corrected chi connectivity index (χ0v) is 22.3. The van der Waals surface area contributed by atoms with E-state index in [0.29, 0.717) is 23.3 Å². The summed E-state index contributed by atoms with van der Waals surface area (Å²) in [4.78, 5) is 69.0. The van der Waals surface area contributed by atoms with Gasteiger partial charge in [-0.2, -0.15) is 0 Å². The van der Waals surface area contributed by atoms with Crippen molar-refractivity contribution in [2.24, 2.45) is 0 Å². The first-order valence-electron chi connectivity index (χ1n) is 12.5. The normalized spacial score (nSPS) is 11.9. The number of hydrogen-bond donors (Lipinski definition) is 2. The van der Waals surface area contributed by atoms with Crippen LogP contribution in [0.2, 0.25) is 0 Å². The van der Waals surface area contributed by atoms with Gasteiger partial charge in [0.05, 0.1) is 55.0 Å². The van der Waals surface area contributed by atoms with Crippen LogP contribution in [0.25, 0.3) is 0 Å². The summed E-state index contributed by atoms with van der Waals surface area (Å²) < 4.78 is 0. The van der Waals surface area contributed by atoms with Crippen LogP contribution in [0.5, 0.6) is 0 Å². The SMILES string of the molecule is O=C(NC(c1ccccc1)C(NC(=O)c1cc([N+](=O)[O-])cc([N+](=O)[O-])c1)c1ccccc1)c1cc([N+](=O)[O-])cc([N+](=O)[O-])c1. The minimum Gasteiger partial charge on any atom is -0.343 e. The van der Waals surface area contributed by atoms with E-state index in [9.17, 15) is 50.0 Å². The van der Waals surface area contributed by atoms with Crippen LogP contribution in [-0.4, -0.2) is 31.5 Å². The van der Waals surface area contributed by atoms with E-state index in [1.165, 1.54) is 0 Å². The fourth-order valence-electron chi connectivity index (χ4n) is 4.36. The fourth-order valence-corrected chi connectivity index (χ4v) is 4.36. The minimum absolute atomic E-state index is 0.403. The first-order valence-corrected chi connectivity index (χ1v) is 12.5. The van der Waals surface area contributed by atoms with Crippen molar-refractivity contribution < 1.29 is 29.3 Å². The van der Waals surface area contributed by atoms with Crippen molar-refractivity contribution in [2.75, 3.05) is 0 Å². The molecule has 4 rings (SSSR count). The predicted molar refractivity (Wildman–Crippen MR) is 153 cm³/mol. The molecule has 222 valence electrons. The van der Waals surface area contributed by atoms with Crippen LogP contribution in [0.15, 0.2) is 97.1 Å². The molecule has 2 N–H and O–H groups in total. The Morgan fingerprint density at radius 1 is 0.477 bits per heavy atom. The molecule has 44 heavy (non-hydrogen) atoms. The summed E-state index contributed by atoms with van der Waals surface area (Å²) >= 11 is 0. The minimum atomic E-state index is -1.12. The number of amides is 2. The van der Waals surface area contributed by atoms with Crippen molar-refractivity contribution in [1.82, 2.24) is 10.6 Å². The number of nitro groups is 4. The van der Waals surface area contributed by atoms with E-state index in [4.69, 9.17) is 0 Å². The summed E-state index contributed by atoms with van der Waals surface area (Å²) in [6, 6.07) is 19.0. The highest BCUT2D eigenvalue weighted by Crippen LogP contribution is 2.32. The first-order chi connectivity index (χ1) is 20.9. The Morgan fingerprint density at radius 3 is 1.00 bits per heavy atom. The molecule has 0 fully saturated rings. The Morgan fingerprint density at radius 2 is 0.750 bits per heavy atom. The molecule has 16 heteroatoms. The van der Waals surface area contributed by atoms with E-state index < -0.39 is 77.5 Å². The van der Waals surface area contributed by atoms with E-state index >= 15 is 0 Å². The molecule has 0 aliphatic carbocycles. The van der Waals surface area contributed by atoms with Crippen LogP contribution in [0.1, 0.15) is 43.9 Å². The second-order valence-corrected chi connectivity index (χ2v) is 9.23. The molecule has 0 radical (unpaired) electrons. The van der Waals surface area contributed by atoms with Gasteiger partial charge < -0.3 is 10.6 Å². The van der Waals surface area contributed by atoms with Crippen LogP contribution in [0, 0.1) is 40.5 Å². The predicted octanol–water partition coefficient (Wildman–Crippen LogP) is 4.96. The molecule has 4 aromatic carbocycles. The van der Waals surface area contributed by atoms with Gasteiger partial charge in [0, 0.05) is 24.3 Å². The highest BCUT2D eigenvalue weighted by molar-refractivity contribution is 5.97. The molecule has 2 unspecified atom stereocenters. The Kier molecular flexibility index (Phi) is 8.94. The molecule has 0 aliphatic heterocycles. The topological polar surface area (TPSA) is 231 Å². The van der Waals surface area contributed by atoms with Crippen molar-refractivity contribution >= 4 is 34.6 Å². The monoisotopic (exact) mass is 600 g/mol. The first kappa shape index (κ1) is 30.4. The number of benzene rings is 4. The number of non-ortho nitro benzene ring substituents is 4. The number of carbonyl (C=O) groups excluding carboxylic acids is 2. The smallest absolute Gasteiger partial charge is 0.277 e. The average Bonchev–Trinajstić information content (AvgIpc) is 3.02. The maximum atomic E-state index is 13.5. The molecule has 4 aromatic rings. The van der Waals surface area contributed by atoms with Crippen molar-refractivity contribution in [3.63, 3.8) is 0 Å². The second-order valence-electron chi connectivity index (χ2n) is 9.23. The Labute approximate surface area is 246 Å². The molecule has 0 aliphatic rings. The molecule has 0 aromatic heterocycles. The molecule has 0 bridgehead atoms. The summed E-state index contributed by atoms with van der Waals surface area (Å²) in [5, 5.41) is 50.9. The summed E-state index contributed by atoms with van der Waals surface area (Å²) in [6.45, 7) is 0. The van der Waals surface area contributed by atoms with Gasteiger partial charge in [-0.25, -0.2) is 0 Å². The van der Waals surface area contributed by atoms with Crippen molar-refractivity contribution in [2.45, 2.75) is 12.1 Å². The van der Waals surface area contributed by atoms with Crippen LogP contribution in [0.3, 0.4) is 0 Å². The van der Waals surface area contributed by atoms with Gasteiger partial charge in [-0.15, -0.1) is 0 Å². The van der Waals surface area contributed by atoms with Gasteiger partial charge in [0.25, 0.3) is 34.6 Å². The summed E-state index contributed by atoms with van der Waals surface area (Å²) in [6.07, 6.45) is 0. The van der Waals surface area contributed by atoms with Gasteiger partial charge in [-0.05, 0) is 11.1 Å². The molecule has 0 spiro atoms. The number of nitrogens with zero attached hydrogens (tertiary/aromatic N) is 4. The zero-order valence-electron chi connectivity index (χ0n) is 22.3. The van der Waals surface area contributed by atoms with Crippen molar-refractivity contribution in [3.05, 3.63) is 160 Å². The summed E-state index contributed by atoms with van der Waals surface area (Å²) in [5.41, 5.74) is -2.72. The molecular weight excluding hydrogens is 580 g/mol. The number of hydrogen-bond acceptors (Lipinski definition) is 10. The summed E-state index contributed by atoms with van der Waals surface area (Å²) in [5.74, 6) is -1.90. The molecule has 2 amide bonds.